The maximum Gasteiger partial charge on any atom is 0.122 e. The van der Waals surface area contributed by atoms with Crippen molar-refractivity contribution in [2.75, 3.05) is 32.8 Å². The van der Waals surface area contributed by atoms with Crippen molar-refractivity contribution in [2.24, 2.45) is 0 Å². The molecule has 1 aromatic rings. The molecular weight excluding hydrogens is 288 g/mol. The van der Waals surface area contributed by atoms with Crippen LogP contribution in [0.15, 0.2) is 24.3 Å². The molecule has 2 atom stereocenters. The van der Waals surface area contributed by atoms with Gasteiger partial charge >= 0.3 is 0 Å². The van der Waals surface area contributed by atoms with Crippen LogP contribution in [0.3, 0.4) is 0 Å². The lowest BCUT2D eigenvalue weighted by atomic mass is 10.0. The number of ether oxygens (including phenoxy) is 1. The van der Waals surface area contributed by atoms with Gasteiger partial charge in [0.2, 0.25) is 0 Å². The molecule has 0 unspecified atom stereocenters. The molecule has 0 spiro atoms. The lowest BCUT2D eigenvalue weighted by Gasteiger charge is -2.23. The third kappa shape index (κ3) is 5.48. The summed E-state index contributed by atoms with van der Waals surface area (Å²) in [5.74, 6) is 1.30. The molecule has 1 aliphatic rings. The van der Waals surface area contributed by atoms with Crippen LogP contribution in [0.5, 0.6) is 5.75 Å². The summed E-state index contributed by atoms with van der Waals surface area (Å²) in [7, 11) is 0. The molecule has 4 nitrogen and oxygen atoms in total. The van der Waals surface area contributed by atoms with Crippen LogP contribution in [0.1, 0.15) is 45.1 Å². The van der Waals surface area contributed by atoms with Crippen molar-refractivity contribution in [2.45, 2.75) is 51.7 Å². The van der Waals surface area contributed by atoms with Gasteiger partial charge in [0.25, 0.3) is 0 Å². The monoisotopic (exact) mass is 320 g/mol. The molecule has 4 heteroatoms. The molecular formula is C19H32N2O2. The van der Waals surface area contributed by atoms with E-state index in [0.717, 1.165) is 18.8 Å². The van der Waals surface area contributed by atoms with E-state index < -0.39 is 6.10 Å². The van der Waals surface area contributed by atoms with E-state index in [2.05, 4.69) is 37.1 Å². The fraction of sp³-hybridized carbons (Fsp3) is 0.684. The predicted molar refractivity (Wildman–Crippen MR) is 95.2 cm³/mol. The minimum Gasteiger partial charge on any atom is -0.491 e. The van der Waals surface area contributed by atoms with Gasteiger partial charge in [-0.2, -0.15) is 0 Å². The van der Waals surface area contributed by atoms with Crippen LogP contribution in [-0.2, 0) is 0 Å². The second kappa shape index (κ2) is 9.26. The van der Waals surface area contributed by atoms with Crippen LogP contribution in [0.25, 0.3) is 0 Å². The average Bonchev–Trinajstić information content (AvgIpc) is 3.00. The van der Waals surface area contributed by atoms with Crippen LogP contribution in [-0.4, -0.2) is 54.9 Å². The van der Waals surface area contributed by atoms with Gasteiger partial charge in [-0.05, 0) is 43.5 Å². The molecule has 2 rings (SSSR count). The molecule has 130 valence electrons. The highest BCUT2D eigenvalue weighted by Crippen LogP contribution is 2.25. The largest absolute Gasteiger partial charge is 0.491 e. The second-order valence-corrected chi connectivity index (χ2v) is 6.74. The van der Waals surface area contributed by atoms with E-state index >= 15 is 0 Å². The smallest absolute Gasteiger partial charge is 0.122 e. The normalized spacial score (nSPS) is 20.1. The summed E-state index contributed by atoms with van der Waals surface area (Å²) in [5, 5.41) is 13.5. The minimum absolute atomic E-state index is 0.332. The summed E-state index contributed by atoms with van der Waals surface area (Å²) in [4.78, 5) is 2.51. The number of aliphatic hydroxyl groups is 1. The first-order valence-electron chi connectivity index (χ1n) is 8.96. The topological polar surface area (TPSA) is 44.7 Å². The second-order valence-electron chi connectivity index (χ2n) is 6.74. The maximum atomic E-state index is 10.1. The Morgan fingerprint density at radius 2 is 2.13 bits per heavy atom. The van der Waals surface area contributed by atoms with Crippen molar-refractivity contribution in [3.63, 3.8) is 0 Å². The number of likely N-dealkylation sites (tertiary alicyclic amines) is 1. The fourth-order valence-corrected chi connectivity index (χ4v) is 3.29. The number of likely N-dealkylation sites (N-methyl/N-ethyl adjacent to an activating group) is 1. The molecule has 0 radical (unpaired) electrons. The Bertz CT molecular complexity index is 464. The van der Waals surface area contributed by atoms with Gasteiger partial charge < -0.3 is 15.2 Å². The van der Waals surface area contributed by atoms with Crippen LogP contribution in [0.4, 0.5) is 0 Å². The zero-order chi connectivity index (χ0) is 16.7. The standard InChI is InChI=1S/C19H32N2O2/c1-4-21-11-7-8-16(21)12-20-13-17(22)14-23-19-10-6-5-9-18(19)15(2)3/h5-6,9-10,15-17,20,22H,4,7-8,11-14H2,1-3H3/t16-,17+/m0/s1. The summed E-state index contributed by atoms with van der Waals surface area (Å²) in [6, 6.07) is 8.69. The highest BCUT2D eigenvalue weighted by Gasteiger charge is 2.22. The Hall–Kier alpha value is -1.10. The first kappa shape index (κ1) is 18.2. The predicted octanol–water partition coefficient (Wildman–Crippen LogP) is 2.62. The highest BCUT2D eigenvalue weighted by atomic mass is 16.5. The van der Waals surface area contributed by atoms with Gasteiger partial charge in [0, 0.05) is 19.1 Å². The summed E-state index contributed by atoms with van der Waals surface area (Å²) in [6.07, 6.45) is 2.07. The molecule has 1 aromatic carbocycles. The third-order valence-electron chi connectivity index (χ3n) is 4.64. The summed E-state index contributed by atoms with van der Waals surface area (Å²) < 4.78 is 5.82. The Balaban J connectivity index is 1.70. The van der Waals surface area contributed by atoms with Crippen molar-refractivity contribution in [3.8, 4) is 5.75 Å². The number of nitrogens with zero attached hydrogens (tertiary/aromatic N) is 1. The first-order valence-corrected chi connectivity index (χ1v) is 8.96. The van der Waals surface area contributed by atoms with Gasteiger partial charge in [-0.15, -0.1) is 0 Å². The average molecular weight is 320 g/mol. The zero-order valence-electron chi connectivity index (χ0n) is 14.8. The quantitative estimate of drug-likeness (QED) is 0.734. The van der Waals surface area contributed by atoms with Crippen molar-refractivity contribution in [1.29, 1.82) is 0 Å². The third-order valence-corrected chi connectivity index (χ3v) is 4.64. The van der Waals surface area contributed by atoms with Gasteiger partial charge in [0.1, 0.15) is 18.5 Å². The van der Waals surface area contributed by atoms with E-state index in [0.29, 0.717) is 25.1 Å². The molecule has 0 aromatic heterocycles. The van der Waals surface area contributed by atoms with Crippen molar-refractivity contribution in [1.82, 2.24) is 10.2 Å². The van der Waals surface area contributed by atoms with Crippen LogP contribution < -0.4 is 10.1 Å². The number of hydrogen-bond acceptors (Lipinski definition) is 4. The Kier molecular flexibility index (Phi) is 7.34. The van der Waals surface area contributed by atoms with Gasteiger partial charge in [-0.25, -0.2) is 0 Å². The molecule has 0 saturated carbocycles. The van der Waals surface area contributed by atoms with E-state index in [9.17, 15) is 5.11 Å². The molecule has 1 saturated heterocycles. The number of aliphatic hydroxyl groups excluding tert-OH is 1. The molecule has 23 heavy (non-hydrogen) atoms. The Labute approximate surface area is 140 Å². The summed E-state index contributed by atoms with van der Waals surface area (Å²) in [5.41, 5.74) is 1.19. The van der Waals surface area contributed by atoms with E-state index in [1.54, 1.807) is 0 Å². The van der Waals surface area contributed by atoms with Crippen molar-refractivity contribution >= 4 is 0 Å². The molecule has 0 aliphatic carbocycles. The Morgan fingerprint density at radius 1 is 1.35 bits per heavy atom. The summed E-state index contributed by atoms with van der Waals surface area (Å²) in [6.45, 7) is 10.7. The highest BCUT2D eigenvalue weighted by molar-refractivity contribution is 5.35. The number of rotatable bonds is 9. The van der Waals surface area contributed by atoms with E-state index in [1.165, 1.54) is 24.9 Å². The van der Waals surface area contributed by atoms with Gasteiger partial charge in [-0.3, -0.25) is 4.90 Å². The lowest BCUT2D eigenvalue weighted by molar-refractivity contribution is 0.104. The zero-order valence-corrected chi connectivity index (χ0v) is 14.8. The van der Waals surface area contributed by atoms with E-state index in [4.69, 9.17) is 4.74 Å². The molecule has 1 heterocycles. The number of nitrogens with one attached hydrogen (secondary N) is 1. The van der Waals surface area contributed by atoms with Crippen LogP contribution >= 0.6 is 0 Å². The van der Waals surface area contributed by atoms with E-state index in [1.807, 2.05) is 18.2 Å². The number of hydrogen-bond donors (Lipinski definition) is 2. The molecule has 1 fully saturated rings. The number of benzene rings is 1. The van der Waals surface area contributed by atoms with Crippen molar-refractivity contribution in [3.05, 3.63) is 29.8 Å². The van der Waals surface area contributed by atoms with Crippen LogP contribution in [0.2, 0.25) is 0 Å². The molecule has 1 aliphatic heterocycles. The molecule has 0 amide bonds. The SMILES string of the molecule is CCN1CCC[C@H]1CNC[C@@H](O)COc1ccccc1C(C)C. The maximum absolute atomic E-state index is 10.1. The van der Waals surface area contributed by atoms with Gasteiger partial charge in [0.05, 0.1) is 0 Å². The van der Waals surface area contributed by atoms with Gasteiger partial charge in [0.15, 0.2) is 0 Å². The first-order chi connectivity index (χ1) is 11.1. The van der Waals surface area contributed by atoms with Crippen molar-refractivity contribution < 1.29 is 9.84 Å². The van der Waals surface area contributed by atoms with E-state index in [-0.39, 0.29) is 0 Å². The Morgan fingerprint density at radius 3 is 2.87 bits per heavy atom. The molecule has 0 bridgehead atoms. The van der Waals surface area contributed by atoms with Crippen LogP contribution in [0, 0.1) is 0 Å². The number of para-hydroxylation sites is 1. The fourth-order valence-electron chi connectivity index (χ4n) is 3.29. The molecule has 2 N–H and O–H groups in total. The summed E-state index contributed by atoms with van der Waals surface area (Å²) >= 11 is 0. The lowest BCUT2D eigenvalue weighted by Crippen LogP contribution is -2.41. The van der Waals surface area contributed by atoms with Gasteiger partial charge in [-0.1, -0.05) is 39.0 Å². The minimum atomic E-state index is -0.480.